The minimum atomic E-state index is -0.602. The molecular weight excluding hydrogens is 389 g/mol. The van der Waals surface area contributed by atoms with Crippen molar-refractivity contribution in [3.63, 3.8) is 0 Å². The predicted molar refractivity (Wildman–Crippen MR) is 99.6 cm³/mol. The van der Waals surface area contributed by atoms with Gasteiger partial charge in [0.15, 0.2) is 10.9 Å². The summed E-state index contributed by atoms with van der Waals surface area (Å²) >= 11 is 16.6. The van der Waals surface area contributed by atoms with Gasteiger partial charge in [0.2, 0.25) is 0 Å². The van der Waals surface area contributed by atoms with E-state index >= 15 is 0 Å². The SMILES string of the molecule is Cc1c(C(=O)NC(=S)Nc2cc(Cl)c(O)c(Cl)c2)cccc1[N+](=O)[O-]. The lowest BCUT2D eigenvalue weighted by atomic mass is 10.1. The van der Waals surface area contributed by atoms with Crippen molar-refractivity contribution >= 4 is 57.8 Å². The third kappa shape index (κ3) is 4.36. The van der Waals surface area contributed by atoms with Crippen LogP contribution in [0.15, 0.2) is 30.3 Å². The van der Waals surface area contributed by atoms with E-state index in [9.17, 15) is 20.0 Å². The quantitative estimate of drug-likeness (QED) is 0.311. The topological polar surface area (TPSA) is 104 Å². The van der Waals surface area contributed by atoms with Crippen LogP contribution in [0.5, 0.6) is 5.75 Å². The molecule has 0 unspecified atom stereocenters. The molecule has 25 heavy (non-hydrogen) atoms. The summed E-state index contributed by atoms with van der Waals surface area (Å²) in [6.07, 6.45) is 0. The van der Waals surface area contributed by atoms with Crippen LogP contribution in [0.2, 0.25) is 10.0 Å². The van der Waals surface area contributed by atoms with E-state index in [-0.39, 0.29) is 37.7 Å². The zero-order valence-electron chi connectivity index (χ0n) is 12.7. The van der Waals surface area contributed by atoms with Crippen LogP contribution < -0.4 is 10.6 Å². The summed E-state index contributed by atoms with van der Waals surface area (Å²) in [5.74, 6) is -0.870. The monoisotopic (exact) mass is 399 g/mol. The van der Waals surface area contributed by atoms with E-state index in [0.29, 0.717) is 5.69 Å². The van der Waals surface area contributed by atoms with E-state index in [4.69, 9.17) is 35.4 Å². The molecule has 0 spiro atoms. The number of nitro benzene ring substituents is 1. The lowest BCUT2D eigenvalue weighted by Crippen LogP contribution is -2.34. The maximum atomic E-state index is 12.3. The fraction of sp³-hybridized carbons (Fsp3) is 0.0667. The van der Waals surface area contributed by atoms with Crippen LogP contribution in [0.3, 0.4) is 0 Å². The highest BCUT2D eigenvalue weighted by molar-refractivity contribution is 7.80. The minimum absolute atomic E-state index is 0.0126. The standard InChI is InChI=1S/C15H11Cl2N3O4S/c1-7-9(3-2-4-12(7)20(23)24)14(22)19-15(25)18-8-5-10(16)13(21)11(17)6-8/h2-6,21H,1H3,(H2,18,19,22,25). The van der Waals surface area contributed by atoms with E-state index in [1.54, 1.807) is 0 Å². The molecule has 0 saturated carbocycles. The first-order valence-electron chi connectivity index (χ1n) is 6.75. The number of nitrogens with zero attached hydrogens (tertiary/aromatic N) is 1. The molecule has 2 rings (SSSR count). The van der Waals surface area contributed by atoms with E-state index < -0.39 is 10.8 Å². The maximum absolute atomic E-state index is 12.3. The number of hydrogen-bond acceptors (Lipinski definition) is 5. The molecule has 0 radical (unpaired) electrons. The first-order chi connectivity index (χ1) is 11.7. The third-order valence-electron chi connectivity index (χ3n) is 3.25. The van der Waals surface area contributed by atoms with Gasteiger partial charge in [-0.2, -0.15) is 0 Å². The Balaban J connectivity index is 2.15. The van der Waals surface area contributed by atoms with Crippen LogP contribution in [-0.4, -0.2) is 21.0 Å². The van der Waals surface area contributed by atoms with E-state index in [1.165, 1.54) is 37.3 Å². The molecule has 0 heterocycles. The Labute approximate surface area is 157 Å². The van der Waals surface area contributed by atoms with Gasteiger partial charge < -0.3 is 10.4 Å². The lowest BCUT2D eigenvalue weighted by Gasteiger charge is -2.12. The molecule has 0 bridgehead atoms. The highest BCUT2D eigenvalue weighted by Gasteiger charge is 2.18. The van der Waals surface area contributed by atoms with Gasteiger partial charge in [0, 0.05) is 22.9 Å². The lowest BCUT2D eigenvalue weighted by molar-refractivity contribution is -0.385. The van der Waals surface area contributed by atoms with Crippen LogP contribution in [0.1, 0.15) is 15.9 Å². The minimum Gasteiger partial charge on any atom is -0.505 e. The number of rotatable bonds is 3. The van der Waals surface area contributed by atoms with Crippen LogP contribution >= 0.6 is 35.4 Å². The van der Waals surface area contributed by atoms with Gasteiger partial charge in [-0.3, -0.25) is 20.2 Å². The number of anilines is 1. The van der Waals surface area contributed by atoms with Gasteiger partial charge in [-0.05, 0) is 37.3 Å². The highest BCUT2D eigenvalue weighted by atomic mass is 35.5. The molecule has 130 valence electrons. The second-order valence-electron chi connectivity index (χ2n) is 4.90. The Hall–Kier alpha value is -2.42. The number of amides is 1. The van der Waals surface area contributed by atoms with Gasteiger partial charge in [-0.25, -0.2) is 0 Å². The number of halogens is 2. The zero-order chi connectivity index (χ0) is 18.7. The van der Waals surface area contributed by atoms with Gasteiger partial charge in [0.05, 0.1) is 15.0 Å². The summed E-state index contributed by atoms with van der Waals surface area (Å²) in [6.45, 7) is 1.48. The maximum Gasteiger partial charge on any atom is 0.273 e. The smallest absolute Gasteiger partial charge is 0.273 e. The number of phenols is 1. The van der Waals surface area contributed by atoms with Gasteiger partial charge in [-0.1, -0.05) is 29.3 Å². The van der Waals surface area contributed by atoms with Crippen LogP contribution in [0.4, 0.5) is 11.4 Å². The average Bonchev–Trinajstić information content (AvgIpc) is 2.52. The Morgan fingerprint density at radius 1 is 1.28 bits per heavy atom. The molecule has 2 aromatic rings. The number of carbonyl (C=O) groups excluding carboxylic acids is 1. The van der Waals surface area contributed by atoms with Crippen molar-refractivity contribution in [2.24, 2.45) is 0 Å². The summed E-state index contributed by atoms with van der Waals surface area (Å²) in [5, 5.41) is 25.5. The van der Waals surface area contributed by atoms with Crippen LogP contribution in [0.25, 0.3) is 0 Å². The Morgan fingerprint density at radius 2 is 1.88 bits per heavy atom. The van der Waals surface area contributed by atoms with Crippen molar-refractivity contribution < 1.29 is 14.8 Å². The van der Waals surface area contributed by atoms with Crippen molar-refractivity contribution in [3.8, 4) is 5.75 Å². The zero-order valence-corrected chi connectivity index (χ0v) is 15.0. The first kappa shape index (κ1) is 18.9. The van der Waals surface area contributed by atoms with Gasteiger partial charge >= 0.3 is 0 Å². The molecule has 0 aliphatic rings. The second-order valence-corrected chi connectivity index (χ2v) is 6.13. The van der Waals surface area contributed by atoms with E-state index in [2.05, 4.69) is 10.6 Å². The fourth-order valence-electron chi connectivity index (χ4n) is 2.04. The molecule has 0 aliphatic carbocycles. The third-order valence-corrected chi connectivity index (χ3v) is 4.03. The van der Waals surface area contributed by atoms with E-state index in [1.807, 2.05) is 0 Å². The number of nitrogens with one attached hydrogen (secondary N) is 2. The summed E-state index contributed by atoms with van der Waals surface area (Å²) in [4.78, 5) is 22.7. The summed E-state index contributed by atoms with van der Waals surface area (Å²) in [5.41, 5.74) is 0.543. The fourth-order valence-corrected chi connectivity index (χ4v) is 2.74. The summed E-state index contributed by atoms with van der Waals surface area (Å²) in [6, 6.07) is 6.92. The molecule has 7 nitrogen and oxygen atoms in total. The number of hydrogen-bond donors (Lipinski definition) is 3. The van der Waals surface area contributed by atoms with Gasteiger partial charge in [-0.15, -0.1) is 0 Å². The number of nitro groups is 1. The van der Waals surface area contributed by atoms with Crippen molar-refractivity contribution in [1.29, 1.82) is 0 Å². The first-order valence-corrected chi connectivity index (χ1v) is 7.91. The van der Waals surface area contributed by atoms with Gasteiger partial charge in [0.25, 0.3) is 11.6 Å². The Kier molecular flexibility index (Phi) is 5.78. The Morgan fingerprint density at radius 3 is 2.44 bits per heavy atom. The summed E-state index contributed by atoms with van der Waals surface area (Å²) < 4.78 is 0. The van der Waals surface area contributed by atoms with Gasteiger partial charge in [0.1, 0.15) is 0 Å². The van der Waals surface area contributed by atoms with Crippen LogP contribution in [-0.2, 0) is 0 Å². The molecule has 0 aromatic heterocycles. The van der Waals surface area contributed by atoms with E-state index in [0.717, 1.165) is 0 Å². The number of carbonyl (C=O) groups is 1. The molecule has 10 heteroatoms. The number of aromatic hydroxyl groups is 1. The molecule has 0 saturated heterocycles. The van der Waals surface area contributed by atoms with Crippen LogP contribution in [0, 0.1) is 17.0 Å². The number of benzene rings is 2. The normalized spacial score (nSPS) is 10.2. The molecule has 1 amide bonds. The van der Waals surface area contributed by atoms with Crippen molar-refractivity contribution in [1.82, 2.24) is 5.32 Å². The highest BCUT2D eigenvalue weighted by Crippen LogP contribution is 2.34. The van der Waals surface area contributed by atoms with Crippen molar-refractivity contribution in [2.75, 3.05) is 5.32 Å². The molecule has 0 fully saturated rings. The van der Waals surface area contributed by atoms with Crippen molar-refractivity contribution in [2.45, 2.75) is 6.92 Å². The molecule has 2 aromatic carbocycles. The predicted octanol–water partition coefficient (Wildman–Crippen LogP) is 4.04. The summed E-state index contributed by atoms with van der Waals surface area (Å²) in [7, 11) is 0. The average molecular weight is 400 g/mol. The molecule has 0 atom stereocenters. The largest absolute Gasteiger partial charge is 0.505 e. The molecule has 0 aliphatic heterocycles. The number of phenolic OH excluding ortho intramolecular Hbond substituents is 1. The number of thiocarbonyl (C=S) groups is 1. The Bertz CT molecular complexity index is 866. The van der Waals surface area contributed by atoms with Crippen molar-refractivity contribution in [3.05, 3.63) is 61.6 Å². The second kappa shape index (κ2) is 7.64. The molecule has 3 N–H and O–H groups in total. The molecular formula is C15H11Cl2N3O4S.